The zero-order chi connectivity index (χ0) is 9.26. The Labute approximate surface area is 88.8 Å². The van der Waals surface area contributed by atoms with E-state index in [4.69, 9.17) is 4.42 Å². The first-order valence-electron chi connectivity index (χ1n) is 3.83. The molecule has 0 bridgehead atoms. The molecule has 0 spiro atoms. The highest BCUT2D eigenvalue weighted by molar-refractivity contribution is 9.08. The van der Waals surface area contributed by atoms with E-state index in [2.05, 4.69) is 20.9 Å². The Balaban J connectivity index is 2.57. The van der Waals surface area contributed by atoms with Crippen molar-refractivity contribution in [3.05, 3.63) is 23.8 Å². The number of hydrogen-bond acceptors (Lipinski definition) is 3. The van der Waals surface area contributed by atoms with E-state index in [0.29, 0.717) is 0 Å². The number of oxazole rings is 1. The normalized spacial score (nSPS) is 10.9. The summed E-state index contributed by atoms with van der Waals surface area (Å²) >= 11 is 4.92. The number of hydrogen-bond donors (Lipinski definition) is 0. The van der Waals surface area contributed by atoms with Crippen LogP contribution in [-0.4, -0.2) is 11.2 Å². The van der Waals surface area contributed by atoms with E-state index in [-0.39, 0.29) is 0 Å². The maximum absolute atomic E-state index is 5.49. The van der Waals surface area contributed by atoms with Gasteiger partial charge in [-0.2, -0.15) is 0 Å². The van der Waals surface area contributed by atoms with Crippen LogP contribution in [0.15, 0.2) is 27.8 Å². The second kappa shape index (κ2) is 3.72. The van der Waals surface area contributed by atoms with E-state index in [1.165, 1.54) is 17.3 Å². The Kier molecular flexibility index (Phi) is 2.60. The second-order valence-electron chi connectivity index (χ2n) is 2.62. The molecule has 0 fully saturated rings. The van der Waals surface area contributed by atoms with Crippen molar-refractivity contribution in [2.75, 3.05) is 6.26 Å². The molecule has 0 unspecified atom stereocenters. The Bertz CT molecular complexity index is 424. The predicted molar refractivity (Wildman–Crippen MR) is 58.4 cm³/mol. The minimum atomic E-state index is 0.724. The topological polar surface area (TPSA) is 26.0 Å². The van der Waals surface area contributed by atoms with Gasteiger partial charge in [-0.25, -0.2) is 4.98 Å². The number of thioether (sulfide) groups is 1. The molecule has 68 valence electrons. The number of nitrogens with zero attached hydrogens (tertiary/aromatic N) is 1. The maximum atomic E-state index is 5.49. The van der Waals surface area contributed by atoms with Gasteiger partial charge in [-0.1, -0.05) is 33.8 Å². The number of alkyl halides is 1. The molecule has 0 amide bonds. The minimum Gasteiger partial charge on any atom is -0.431 e. The van der Waals surface area contributed by atoms with Crippen LogP contribution in [0.5, 0.6) is 0 Å². The first-order valence-corrected chi connectivity index (χ1v) is 6.17. The fourth-order valence-electron chi connectivity index (χ4n) is 1.12. The lowest BCUT2D eigenvalue weighted by Crippen LogP contribution is -1.75. The van der Waals surface area contributed by atoms with Gasteiger partial charge in [-0.3, -0.25) is 0 Å². The summed E-state index contributed by atoms with van der Waals surface area (Å²) in [4.78, 5) is 4.29. The first kappa shape index (κ1) is 9.09. The molecule has 2 rings (SSSR count). The van der Waals surface area contributed by atoms with Gasteiger partial charge < -0.3 is 4.42 Å². The number of benzene rings is 1. The zero-order valence-electron chi connectivity index (χ0n) is 7.08. The van der Waals surface area contributed by atoms with Gasteiger partial charge in [0.1, 0.15) is 5.52 Å². The summed E-state index contributed by atoms with van der Waals surface area (Å²) in [6.45, 7) is 0. The maximum Gasteiger partial charge on any atom is 0.256 e. The third-order valence-electron chi connectivity index (χ3n) is 1.76. The van der Waals surface area contributed by atoms with Crippen molar-refractivity contribution in [1.82, 2.24) is 4.98 Å². The summed E-state index contributed by atoms with van der Waals surface area (Å²) < 4.78 is 5.49. The highest BCUT2D eigenvalue weighted by Crippen LogP contribution is 2.23. The van der Waals surface area contributed by atoms with E-state index in [9.17, 15) is 0 Å². The minimum absolute atomic E-state index is 0.724. The third-order valence-corrected chi connectivity index (χ3v) is 2.93. The molecule has 1 aromatic heterocycles. The number of halogens is 1. The van der Waals surface area contributed by atoms with Crippen LogP contribution >= 0.6 is 27.7 Å². The summed E-state index contributed by atoms with van der Waals surface area (Å²) in [6.07, 6.45) is 1.95. The Morgan fingerprint density at radius 1 is 1.54 bits per heavy atom. The smallest absolute Gasteiger partial charge is 0.256 e. The lowest BCUT2D eigenvalue weighted by Gasteiger charge is -1.91. The largest absolute Gasteiger partial charge is 0.431 e. The summed E-state index contributed by atoms with van der Waals surface area (Å²) in [5.74, 6) is 0. The van der Waals surface area contributed by atoms with Crippen LogP contribution < -0.4 is 0 Å². The van der Waals surface area contributed by atoms with E-state index in [0.717, 1.165) is 21.7 Å². The van der Waals surface area contributed by atoms with Gasteiger partial charge in [-0.05, 0) is 24.0 Å². The average Bonchev–Trinajstić information content (AvgIpc) is 2.58. The Morgan fingerprint density at radius 2 is 2.38 bits per heavy atom. The summed E-state index contributed by atoms with van der Waals surface area (Å²) in [6, 6.07) is 6.04. The fraction of sp³-hybridized carbons (Fsp3) is 0.222. The van der Waals surface area contributed by atoms with E-state index < -0.39 is 0 Å². The molecule has 0 aliphatic heterocycles. The second-order valence-corrected chi connectivity index (χ2v) is 3.94. The molecular weight excluding hydrogens is 250 g/mol. The van der Waals surface area contributed by atoms with Crippen LogP contribution in [0, 0.1) is 0 Å². The van der Waals surface area contributed by atoms with Crippen LogP contribution in [0.3, 0.4) is 0 Å². The summed E-state index contributed by atoms with van der Waals surface area (Å²) in [7, 11) is 0. The highest BCUT2D eigenvalue weighted by atomic mass is 79.9. The Hall–Kier alpha value is -0.480. The van der Waals surface area contributed by atoms with Gasteiger partial charge in [0.2, 0.25) is 0 Å². The quantitative estimate of drug-likeness (QED) is 0.609. The van der Waals surface area contributed by atoms with Crippen LogP contribution in [0.4, 0.5) is 0 Å². The molecule has 13 heavy (non-hydrogen) atoms. The summed E-state index contributed by atoms with van der Waals surface area (Å²) in [5.41, 5.74) is 2.99. The Morgan fingerprint density at radius 3 is 3.08 bits per heavy atom. The molecule has 0 radical (unpaired) electrons. The first-order chi connectivity index (χ1) is 6.33. The molecule has 1 heterocycles. The zero-order valence-corrected chi connectivity index (χ0v) is 9.48. The number of fused-ring (bicyclic) bond motifs is 1. The van der Waals surface area contributed by atoms with Gasteiger partial charge in [0.05, 0.1) is 0 Å². The van der Waals surface area contributed by atoms with Crippen molar-refractivity contribution in [1.29, 1.82) is 0 Å². The van der Waals surface area contributed by atoms with Crippen molar-refractivity contribution < 1.29 is 4.42 Å². The molecular formula is C9H8BrNOS. The standard InChI is InChI=1S/C9H8BrNOS/c1-13-9-11-7-3-2-6(5-10)4-8(7)12-9/h2-4H,5H2,1H3. The predicted octanol–water partition coefficient (Wildman–Crippen LogP) is 3.44. The van der Waals surface area contributed by atoms with Crippen molar-refractivity contribution in [3.63, 3.8) is 0 Å². The molecule has 0 aliphatic rings. The lowest BCUT2D eigenvalue weighted by atomic mass is 10.2. The van der Waals surface area contributed by atoms with Gasteiger partial charge in [-0.15, -0.1) is 0 Å². The van der Waals surface area contributed by atoms with Crippen LogP contribution in [-0.2, 0) is 5.33 Å². The van der Waals surface area contributed by atoms with Gasteiger partial charge in [0.15, 0.2) is 5.58 Å². The van der Waals surface area contributed by atoms with Gasteiger partial charge in [0.25, 0.3) is 5.22 Å². The van der Waals surface area contributed by atoms with Crippen LogP contribution in [0.25, 0.3) is 11.1 Å². The molecule has 0 atom stereocenters. The van der Waals surface area contributed by atoms with Crippen molar-refractivity contribution in [3.8, 4) is 0 Å². The van der Waals surface area contributed by atoms with E-state index >= 15 is 0 Å². The lowest BCUT2D eigenvalue weighted by molar-refractivity contribution is 0.490. The van der Waals surface area contributed by atoms with Crippen LogP contribution in [0.1, 0.15) is 5.56 Å². The van der Waals surface area contributed by atoms with Crippen molar-refractivity contribution in [2.45, 2.75) is 10.6 Å². The molecule has 0 aliphatic carbocycles. The number of aromatic nitrogens is 1. The SMILES string of the molecule is CSc1nc2ccc(CBr)cc2o1. The summed E-state index contributed by atoms with van der Waals surface area (Å²) in [5, 5.41) is 1.57. The van der Waals surface area contributed by atoms with Gasteiger partial charge in [0, 0.05) is 5.33 Å². The van der Waals surface area contributed by atoms with E-state index in [1.807, 2.05) is 24.5 Å². The molecule has 0 saturated carbocycles. The van der Waals surface area contributed by atoms with Crippen molar-refractivity contribution >= 4 is 38.8 Å². The highest BCUT2D eigenvalue weighted by Gasteiger charge is 2.04. The molecule has 0 saturated heterocycles. The van der Waals surface area contributed by atoms with Gasteiger partial charge >= 0.3 is 0 Å². The fourth-order valence-corrected chi connectivity index (χ4v) is 1.83. The molecule has 1 aromatic carbocycles. The average molecular weight is 258 g/mol. The van der Waals surface area contributed by atoms with E-state index in [1.54, 1.807) is 0 Å². The molecule has 2 nitrogen and oxygen atoms in total. The molecule has 2 aromatic rings. The number of rotatable bonds is 2. The van der Waals surface area contributed by atoms with Crippen molar-refractivity contribution in [2.24, 2.45) is 0 Å². The molecule has 0 N–H and O–H groups in total. The third kappa shape index (κ3) is 1.74. The monoisotopic (exact) mass is 257 g/mol. The molecule has 4 heteroatoms. The van der Waals surface area contributed by atoms with Crippen LogP contribution in [0.2, 0.25) is 0 Å².